The Morgan fingerprint density at radius 3 is 2.88 bits per heavy atom. The first-order valence-corrected chi connectivity index (χ1v) is 4.24. The van der Waals surface area contributed by atoms with Crippen molar-refractivity contribution in [2.75, 3.05) is 31.0 Å². The third kappa shape index (κ3) is 2.52. The Morgan fingerprint density at radius 2 is 2.25 bits per heavy atom. The minimum Gasteiger partial charge on any atom is -0.423 e. The number of aromatic nitrogens is 1. The molecule has 5 nitrogen and oxygen atoms in total. The molecule has 1 saturated heterocycles. The zero-order valence-electron chi connectivity index (χ0n) is 18.9. The lowest BCUT2D eigenvalue weighted by molar-refractivity contribution is 0.122. The van der Waals surface area contributed by atoms with E-state index in [2.05, 4.69) is 9.72 Å². The van der Waals surface area contributed by atoms with E-state index in [4.69, 9.17) is 15.1 Å². The molecule has 0 bridgehead atoms. The number of nitrogens with zero attached hydrogens (tertiary/aromatic N) is 2. The van der Waals surface area contributed by atoms with Crippen LogP contribution in [0.3, 0.4) is 0 Å². The highest BCUT2D eigenvalue weighted by atomic mass is 16.5. The summed E-state index contributed by atoms with van der Waals surface area (Å²) in [6, 6.07) is 1.52. The lowest BCUT2D eigenvalue weighted by atomic mass is 9.80. The molecule has 0 atom stereocenters. The van der Waals surface area contributed by atoms with Crippen molar-refractivity contribution in [1.29, 1.82) is 0 Å². The van der Waals surface area contributed by atoms with E-state index in [-0.39, 0.29) is 4.90 Å². The van der Waals surface area contributed by atoms with Gasteiger partial charge < -0.3 is 19.7 Å². The van der Waals surface area contributed by atoms with Crippen molar-refractivity contribution >= 4 is 18.4 Å². The predicted octanol–water partition coefficient (Wildman–Crippen LogP) is -1.09. The number of ether oxygens (including phenoxy) is 1. The van der Waals surface area contributed by atoms with Crippen LogP contribution in [0.2, 0.25) is 0 Å². The summed E-state index contributed by atoms with van der Waals surface area (Å²) in [4.78, 5) is 3.57. The van der Waals surface area contributed by atoms with Crippen molar-refractivity contribution < 1.29 is 29.9 Å². The molecule has 0 saturated carbocycles. The molecule has 6 heteroatoms. The lowest BCUT2D eigenvalue weighted by Gasteiger charge is -2.28. The zero-order valence-corrected chi connectivity index (χ0v) is 7.93. The molecule has 2 heterocycles. The molecule has 1 fully saturated rings. The molecule has 2 N–H and O–H groups in total. The molecule has 1 aliphatic rings. The topological polar surface area (TPSA) is 65.8 Å². The molecule has 0 unspecified atom stereocenters. The minimum atomic E-state index is -3.36. The standard InChI is InChI=1S/C10H15BN2O3/c1-8-6-9(11(14)15)7-10(12-8)13-2-4-16-5-3-13/h6-7,14-15H,2-5H2,1H3/i1D3,2D2,3D2,4D2,5D2. The quantitative estimate of drug-likeness (QED) is 0.635. The summed E-state index contributed by atoms with van der Waals surface area (Å²) >= 11 is 0. The van der Waals surface area contributed by atoms with Gasteiger partial charge in [-0.2, -0.15) is 0 Å². The number of anilines is 1. The zero-order chi connectivity index (χ0) is 21.2. The van der Waals surface area contributed by atoms with Crippen LogP contribution in [-0.4, -0.2) is 48.3 Å². The number of aryl methyl sites for hydroxylation is 1. The highest BCUT2D eigenvalue weighted by molar-refractivity contribution is 6.58. The van der Waals surface area contributed by atoms with Crippen LogP contribution in [0, 0.1) is 6.85 Å². The summed E-state index contributed by atoms with van der Waals surface area (Å²) in [5, 5.41) is 18.7. The number of hydrogen-bond donors (Lipinski definition) is 2. The van der Waals surface area contributed by atoms with E-state index in [0.29, 0.717) is 0 Å². The Labute approximate surface area is 110 Å². The van der Waals surface area contributed by atoms with Gasteiger partial charge in [0.05, 0.1) is 24.1 Å². The summed E-state index contributed by atoms with van der Waals surface area (Å²) in [6.07, 6.45) is 0. The van der Waals surface area contributed by atoms with Crippen LogP contribution < -0.4 is 10.4 Å². The van der Waals surface area contributed by atoms with Gasteiger partial charge in [-0.1, -0.05) is 0 Å². The van der Waals surface area contributed by atoms with Crippen LogP contribution in [0.1, 0.15) is 20.8 Å². The van der Waals surface area contributed by atoms with Crippen LogP contribution in [-0.2, 0) is 4.74 Å². The Kier molecular flexibility index (Phi) is 1.20. The first-order chi connectivity index (χ1) is 11.8. The number of hydrogen-bond acceptors (Lipinski definition) is 5. The van der Waals surface area contributed by atoms with Crippen molar-refractivity contribution in [3.8, 4) is 0 Å². The summed E-state index contributed by atoms with van der Waals surface area (Å²) in [5.41, 5.74) is -1.23. The van der Waals surface area contributed by atoms with Gasteiger partial charge in [-0.15, -0.1) is 0 Å². The summed E-state index contributed by atoms with van der Waals surface area (Å²) in [6.45, 7) is -16.3. The first kappa shape index (κ1) is 3.98. The van der Waals surface area contributed by atoms with E-state index in [1.807, 2.05) is 0 Å². The van der Waals surface area contributed by atoms with E-state index in [1.54, 1.807) is 0 Å². The third-order valence-electron chi connectivity index (χ3n) is 1.78. The molecule has 1 aliphatic heterocycles. The van der Waals surface area contributed by atoms with Crippen LogP contribution >= 0.6 is 0 Å². The predicted molar refractivity (Wildman–Crippen MR) is 61.8 cm³/mol. The van der Waals surface area contributed by atoms with Crippen LogP contribution in [0.15, 0.2) is 12.1 Å². The number of morpholine rings is 1. The molecule has 0 aromatic carbocycles. The van der Waals surface area contributed by atoms with Crippen molar-refractivity contribution in [1.82, 2.24) is 4.98 Å². The lowest BCUT2D eigenvalue weighted by Crippen LogP contribution is -2.38. The largest absolute Gasteiger partial charge is 0.488 e. The maximum Gasteiger partial charge on any atom is 0.488 e. The van der Waals surface area contributed by atoms with Gasteiger partial charge in [0.1, 0.15) is 5.82 Å². The highest BCUT2D eigenvalue weighted by Crippen LogP contribution is 2.12. The van der Waals surface area contributed by atoms with Crippen molar-refractivity contribution in [2.45, 2.75) is 6.85 Å². The fraction of sp³-hybridized carbons (Fsp3) is 0.500. The first-order valence-electron chi connectivity index (χ1n) is 9.74. The number of pyridine rings is 1. The van der Waals surface area contributed by atoms with Crippen LogP contribution in [0.25, 0.3) is 0 Å². The monoisotopic (exact) mass is 233 g/mol. The molecule has 0 amide bonds. The van der Waals surface area contributed by atoms with Gasteiger partial charge in [-0.3, -0.25) is 0 Å². The van der Waals surface area contributed by atoms with E-state index < -0.39 is 57.1 Å². The molecule has 1 aromatic heterocycles. The Morgan fingerprint density at radius 1 is 1.50 bits per heavy atom. The van der Waals surface area contributed by atoms with Gasteiger partial charge >= 0.3 is 7.12 Å². The summed E-state index contributed by atoms with van der Waals surface area (Å²) < 4.78 is 88.9. The average molecular weight is 233 g/mol. The third-order valence-corrected chi connectivity index (χ3v) is 1.78. The van der Waals surface area contributed by atoms with E-state index in [1.165, 1.54) is 0 Å². The van der Waals surface area contributed by atoms with Gasteiger partial charge in [0.15, 0.2) is 0 Å². The van der Waals surface area contributed by atoms with E-state index in [9.17, 15) is 10.0 Å². The van der Waals surface area contributed by atoms with Gasteiger partial charge in [-0.05, 0) is 24.4 Å². The van der Waals surface area contributed by atoms with Gasteiger partial charge in [0, 0.05) is 22.8 Å². The van der Waals surface area contributed by atoms with Gasteiger partial charge in [0.25, 0.3) is 0 Å². The Hall–Kier alpha value is -1.11. The normalized spacial score (nSPS) is 39.9. The molecular weight excluding hydrogens is 207 g/mol. The second kappa shape index (κ2) is 4.82. The Bertz CT molecular complexity index is 714. The maximum absolute atomic E-state index is 9.37. The van der Waals surface area contributed by atoms with E-state index in [0.717, 1.165) is 12.1 Å². The average Bonchev–Trinajstić information content (AvgIpc) is 2.42. The van der Waals surface area contributed by atoms with Crippen LogP contribution in [0.5, 0.6) is 0 Å². The molecule has 86 valence electrons. The van der Waals surface area contributed by atoms with Gasteiger partial charge in [0.2, 0.25) is 0 Å². The molecule has 0 radical (unpaired) electrons. The minimum absolute atomic E-state index is 0.0371. The summed E-state index contributed by atoms with van der Waals surface area (Å²) in [7, 11) is -2.22. The van der Waals surface area contributed by atoms with Crippen molar-refractivity contribution in [2.24, 2.45) is 0 Å². The fourth-order valence-corrected chi connectivity index (χ4v) is 1.11. The molecule has 0 aliphatic carbocycles. The molecule has 0 spiro atoms. The Balaban J connectivity index is 2.81. The SMILES string of the molecule is [2H]C([2H])([2H])c1cc(B(O)O)cc(N2C([2H])([2H])C([2H])([2H])OC([2H])([2H])C2([2H])[2H])n1. The molecular formula is C10H15BN2O3. The van der Waals surface area contributed by atoms with E-state index >= 15 is 0 Å². The van der Waals surface area contributed by atoms with Crippen molar-refractivity contribution in [3.63, 3.8) is 0 Å². The molecule has 2 rings (SSSR count). The summed E-state index contributed by atoms with van der Waals surface area (Å²) in [5.74, 6) is -0.849. The highest BCUT2D eigenvalue weighted by Gasteiger charge is 2.17. The molecule has 16 heavy (non-hydrogen) atoms. The van der Waals surface area contributed by atoms with Gasteiger partial charge in [-0.25, -0.2) is 4.98 Å². The molecule has 1 aromatic rings. The fourth-order valence-electron chi connectivity index (χ4n) is 1.11. The maximum atomic E-state index is 9.37. The second-order valence-electron chi connectivity index (χ2n) is 2.88. The second-order valence-corrected chi connectivity index (χ2v) is 2.88. The smallest absolute Gasteiger partial charge is 0.423 e. The van der Waals surface area contributed by atoms with Crippen LogP contribution in [0.4, 0.5) is 5.82 Å². The number of rotatable bonds is 2. The van der Waals surface area contributed by atoms with Crippen molar-refractivity contribution in [3.05, 3.63) is 17.8 Å².